The van der Waals surface area contributed by atoms with Crippen molar-refractivity contribution in [3.63, 3.8) is 0 Å². The van der Waals surface area contributed by atoms with Gasteiger partial charge in [0, 0.05) is 11.8 Å². The Labute approximate surface area is 244 Å². The molecule has 0 aromatic rings. The number of ketones is 1. The summed E-state index contributed by atoms with van der Waals surface area (Å²) in [6.07, 6.45) is 9.64. The molecule has 1 saturated heterocycles. The minimum Gasteiger partial charge on any atom is -0.459 e. The molecule has 0 aromatic heterocycles. The Bertz CT molecular complexity index is 1200. The third kappa shape index (κ3) is 3.54. The highest BCUT2D eigenvalue weighted by atomic mass is 16.6. The topological polar surface area (TPSA) is 86.7 Å². The van der Waals surface area contributed by atoms with E-state index in [-0.39, 0.29) is 30.2 Å². The highest BCUT2D eigenvalue weighted by Crippen LogP contribution is 2.73. The minimum absolute atomic E-state index is 0.0892. The van der Waals surface area contributed by atoms with E-state index in [4.69, 9.17) is 9.47 Å². The van der Waals surface area contributed by atoms with Crippen LogP contribution in [0.3, 0.4) is 0 Å². The predicted octanol–water partition coefficient (Wildman–Crippen LogP) is 5.86. The molecule has 0 radical (unpaired) electrons. The monoisotopic (exact) mass is 564 g/mol. The maximum atomic E-state index is 13.8. The summed E-state index contributed by atoms with van der Waals surface area (Å²) < 4.78 is 11.8. The maximum Gasteiger partial charge on any atom is 0.317 e. The number of esters is 3. The number of Topliss-reactive ketones (excluding diaryl/α,β-unsaturated/α-hetero) is 1. The summed E-state index contributed by atoms with van der Waals surface area (Å²) in [6, 6.07) is 0. The summed E-state index contributed by atoms with van der Waals surface area (Å²) in [7, 11) is 0. The lowest BCUT2D eigenvalue weighted by atomic mass is 9.57. The van der Waals surface area contributed by atoms with E-state index < -0.39 is 28.8 Å². The van der Waals surface area contributed by atoms with E-state index in [2.05, 4.69) is 13.8 Å². The van der Waals surface area contributed by atoms with E-state index in [0.717, 1.165) is 31.6 Å². The average Bonchev–Trinajstić information content (AvgIpc) is 3.73. The molecule has 8 fully saturated rings. The van der Waals surface area contributed by atoms with Crippen molar-refractivity contribution >= 4 is 23.7 Å². The van der Waals surface area contributed by atoms with E-state index in [1.165, 1.54) is 25.7 Å². The van der Waals surface area contributed by atoms with Gasteiger partial charge in [0.1, 0.15) is 11.4 Å². The molecule has 1 aliphatic heterocycles. The van der Waals surface area contributed by atoms with Crippen LogP contribution in [0.15, 0.2) is 0 Å². The van der Waals surface area contributed by atoms with Crippen LogP contribution in [0.4, 0.5) is 0 Å². The number of ether oxygens (including phenoxy) is 2. The van der Waals surface area contributed by atoms with Crippen molar-refractivity contribution in [2.24, 2.45) is 94.2 Å². The third-order valence-corrected chi connectivity index (χ3v) is 15.0. The Morgan fingerprint density at radius 3 is 2.41 bits per heavy atom. The molecule has 7 saturated carbocycles. The van der Waals surface area contributed by atoms with Crippen molar-refractivity contribution in [1.29, 1.82) is 0 Å². The van der Waals surface area contributed by atoms with Gasteiger partial charge in [0.2, 0.25) is 0 Å². The summed E-state index contributed by atoms with van der Waals surface area (Å²) in [4.78, 5) is 53.0. The van der Waals surface area contributed by atoms with Gasteiger partial charge in [0.25, 0.3) is 0 Å². The molecule has 0 spiro atoms. The number of hydrogen-bond donors (Lipinski definition) is 0. The smallest absolute Gasteiger partial charge is 0.317 e. The fourth-order valence-corrected chi connectivity index (χ4v) is 13.7. The zero-order chi connectivity index (χ0) is 28.7. The van der Waals surface area contributed by atoms with Crippen molar-refractivity contribution < 1.29 is 28.7 Å². The van der Waals surface area contributed by atoms with Gasteiger partial charge in [-0.3, -0.25) is 19.2 Å². The standard InChI is InChI=1S/C35H48O6/c1-15-21-12-24(29-23-10-17(28(21)29)9-22(23)16(2)36)27(15)30-25(31(37)40-32(30)38)14-34(3,4)33(39)41-35(5)13-18-11-26(35)20-8-6-7-19(18)20/h15,17-30H,6-14H2,1-5H3. The lowest BCUT2D eigenvalue weighted by Gasteiger charge is -2.46. The van der Waals surface area contributed by atoms with Crippen LogP contribution < -0.4 is 0 Å². The first kappa shape index (κ1) is 26.9. The van der Waals surface area contributed by atoms with Gasteiger partial charge in [-0.2, -0.15) is 0 Å². The van der Waals surface area contributed by atoms with E-state index >= 15 is 0 Å². The van der Waals surface area contributed by atoms with Gasteiger partial charge in [-0.1, -0.05) is 13.3 Å². The molecule has 7 aliphatic carbocycles. The molecule has 1 heterocycles. The van der Waals surface area contributed by atoms with E-state index in [1.807, 2.05) is 13.8 Å². The SMILES string of the molecule is CC(=O)C1CC2CC1C1C3CC(C(C)C3C3C(=O)OC(=O)C3CC(C)(C)C(=O)OC3(C)CC4CC3C3CCCC43)C21. The second-order valence-corrected chi connectivity index (χ2v) is 17.0. The normalized spacial score (nSPS) is 54.1. The Balaban J connectivity index is 1.01. The molecular formula is C35H48O6. The molecule has 16 unspecified atom stereocenters. The van der Waals surface area contributed by atoms with Crippen LogP contribution in [0.25, 0.3) is 0 Å². The summed E-state index contributed by atoms with van der Waals surface area (Å²) >= 11 is 0. The molecule has 0 amide bonds. The van der Waals surface area contributed by atoms with Crippen molar-refractivity contribution in [2.75, 3.05) is 0 Å². The van der Waals surface area contributed by atoms with Gasteiger partial charge in [0.15, 0.2) is 0 Å². The van der Waals surface area contributed by atoms with Crippen LogP contribution in [-0.4, -0.2) is 29.3 Å². The number of cyclic esters (lactones) is 2. The molecule has 224 valence electrons. The largest absolute Gasteiger partial charge is 0.459 e. The van der Waals surface area contributed by atoms with Gasteiger partial charge in [-0.25, -0.2) is 0 Å². The first-order valence-corrected chi connectivity index (χ1v) is 16.9. The van der Waals surface area contributed by atoms with E-state index in [1.54, 1.807) is 6.92 Å². The summed E-state index contributed by atoms with van der Waals surface area (Å²) in [5, 5.41) is 0. The van der Waals surface area contributed by atoms with Crippen LogP contribution >= 0.6 is 0 Å². The van der Waals surface area contributed by atoms with Crippen molar-refractivity contribution in [1.82, 2.24) is 0 Å². The van der Waals surface area contributed by atoms with Crippen molar-refractivity contribution in [3.8, 4) is 0 Å². The molecule has 8 aliphatic rings. The molecule has 6 heteroatoms. The summed E-state index contributed by atoms with van der Waals surface area (Å²) in [5.74, 6) is 4.59. The third-order valence-electron chi connectivity index (χ3n) is 15.0. The number of carbonyl (C=O) groups is 4. The zero-order valence-corrected chi connectivity index (χ0v) is 25.5. The number of hydrogen-bond acceptors (Lipinski definition) is 6. The Morgan fingerprint density at radius 2 is 1.66 bits per heavy atom. The fraction of sp³-hybridized carbons (Fsp3) is 0.886. The summed E-state index contributed by atoms with van der Waals surface area (Å²) in [6.45, 7) is 9.98. The van der Waals surface area contributed by atoms with E-state index in [0.29, 0.717) is 65.0 Å². The molecule has 0 N–H and O–H groups in total. The number of rotatable bonds is 6. The molecular weight excluding hydrogens is 516 g/mol. The van der Waals surface area contributed by atoms with Crippen LogP contribution in [-0.2, 0) is 28.7 Å². The van der Waals surface area contributed by atoms with Crippen LogP contribution in [0.5, 0.6) is 0 Å². The highest BCUT2D eigenvalue weighted by Gasteiger charge is 2.70. The predicted molar refractivity (Wildman–Crippen MR) is 150 cm³/mol. The van der Waals surface area contributed by atoms with Gasteiger partial charge < -0.3 is 9.47 Å². The van der Waals surface area contributed by atoms with Gasteiger partial charge in [-0.15, -0.1) is 0 Å². The molecule has 41 heavy (non-hydrogen) atoms. The average molecular weight is 565 g/mol. The second-order valence-electron chi connectivity index (χ2n) is 17.0. The fourth-order valence-electron chi connectivity index (χ4n) is 13.7. The molecule has 6 bridgehead atoms. The molecule has 0 aromatic carbocycles. The number of carbonyl (C=O) groups excluding carboxylic acids is 4. The first-order chi connectivity index (χ1) is 19.4. The van der Waals surface area contributed by atoms with E-state index in [9.17, 15) is 19.2 Å². The van der Waals surface area contributed by atoms with Gasteiger partial charge in [-0.05, 0) is 144 Å². The highest BCUT2D eigenvalue weighted by molar-refractivity contribution is 5.97. The Morgan fingerprint density at radius 1 is 0.902 bits per heavy atom. The van der Waals surface area contributed by atoms with Gasteiger partial charge >= 0.3 is 17.9 Å². The quantitative estimate of drug-likeness (QED) is 0.228. The first-order valence-electron chi connectivity index (χ1n) is 16.9. The van der Waals surface area contributed by atoms with Crippen molar-refractivity contribution in [2.45, 2.75) is 98.0 Å². The summed E-state index contributed by atoms with van der Waals surface area (Å²) in [5.41, 5.74) is -1.30. The molecule has 8 rings (SSSR count). The van der Waals surface area contributed by atoms with Crippen molar-refractivity contribution in [3.05, 3.63) is 0 Å². The van der Waals surface area contributed by atoms with Crippen LogP contribution in [0, 0.1) is 94.2 Å². The Kier molecular flexibility index (Phi) is 5.69. The number of fused-ring (bicyclic) bond motifs is 14. The Hall–Kier alpha value is -1.72. The lowest BCUT2D eigenvalue weighted by Crippen LogP contribution is -2.47. The maximum absolute atomic E-state index is 13.8. The lowest BCUT2D eigenvalue weighted by molar-refractivity contribution is -0.179. The second kappa shape index (κ2) is 8.68. The minimum atomic E-state index is -0.887. The molecule has 16 atom stereocenters. The van der Waals surface area contributed by atoms with Crippen LogP contribution in [0.2, 0.25) is 0 Å². The van der Waals surface area contributed by atoms with Gasteiger partial charge in [0.05, 0.1) is 17.3 Å². The van der Waals surface area contributed by atoms with Crippen LogP contribution in [0.1, 0.15) is 92.4 Å². The zero-order valence-electron chi connectivity index (χ0n) is 25.5. The molecule has 6 nitrogen and oxygen atoms in total.